The SMILES string of the molecule is CC[C@H](Oc1ccc(C)c(C)c1)C(=O)N(CC)Cc1nc(-c2cccs2)no1. The van der Waals surface area contributed by atoms with Gasteiger partial charge in [-0.1, -0.05) is 24.2 Å². The molecule has 0 saturated carbocycles. The van der Waals surface area contributed by atoms with Crippen molar-refractivity contribution in [2.24, 2.45) is 0 Å². The molecule has 0 spiro atoms. The second-order valence-electron chi connectivity index (χ2n) is 6.60. The number of benzene rings is 1. The molecule has 0 fully saturated rings. The Bertz CT molecular complexity index is 921. The summed E-state index contributed by atoms with van der Waals surface area (Å²) in [6.07, 6.45) is 0.0220. The van der Waals surface area contributed by atoms with E-state index in [4.69, 9.17) is 9.26 Å². The molecule has 6 nitrogen and oxygen atoms in total. The van der Waals surface area contributed by atoms with Crippen LogP contribution in [0.4, 0.5) is 0 Å². The summed E-state index contributed by atoms with van der Waals surface area (Å²) in [6, 6.07) is 9.75. The van der Waals surface area contributed by atoms with Crippen LogP contribution in [0.3, 0.4) is 0 Å². The Hall–Kier alpha value is -2.67. The van der Waals surface area contributed by atoms with E-state index in [1.54, 1.807) is 16.2 Å². The molecule has 0 N–H and O–H groups in total. The van der Waals surface area contributed by atoms with Gasteiger partial charge in [0.15, 0.2) is 6.10 Å². The highest BCUT2D eigenvalue weighted by atomic mass is 32.1. The predicted molar refractivity (Wildman–Crippen MR) is 109 cm³/mol. The summed E-state index contributed by atoms with van der Waals surface area (Å²) >= 11 is 1.55. The van der Waals surface area contributed by atoms with E-state index in [2.05, 4.69) is 17.1 Å². The number of thiophene rings is 1. The van der Waals surface area contributed by atoms with Crippen molar-refractivity contribution >= 4 is 17.2 Å². The van der Waals surface area contributed by atoms with E-state index in [0.29, 0.717) is 30.4 Å². The van der Waals surface area contributed by atoms with Gasteiger partial charge in [0.2, 0.25) is 11.7 Å². The molecule has 1 amide bonds. The van der Waals surface area contributed by atoms with E-state index in [9.17, 15) is 4.79 Å². The zero-order valence-corrected chi connectivity index (χ0v) is 17.5. The van der Waals surface area contributed by atoms with Gasteiger partial charge in [0.05, 0.1) is 4.88 Å². The lowest BCUT2D eigenvalue weighted by Gasteiger charge is -2.25. The van der Waals surface area contributed by atoms with Gasteiger partial charge < -0.3 is 14.2 Å². The summed E-state index contributed by atoms with van der Waals surface area (Å²) in [5.41, 5.74) is 2.33. The van der Waals surface area contributed by atoms with E-state index in [0.717, 1.165) is 10.4 Å². The number of likely N-dealkylation sites (N-methyl/N-ethyl adjacent to an activating group) is 1. The summed E-state index contributed by atoms with van der Waals surface area (Å²) in [6.45, 7) is 8.75. The third kappa shape index (κ3) is 4.59. The van der Waals surface area contributed by atoms with Gasteiger partial charge >= 0.3 is 0 Å². The van der Waals surface area contributed by atoms with Crippen LogP contribution in [0, 0.1) is 13.8 Å². The lowest BCUT2D eigenvalue weighted by Crippen LogP contribution is -2.41. The van der Waals surface area contributed by atoms with Crippen LogP contribution in [0.15, 0.2) is 40.2 Å². The Morgan fingerprint density at radius 2 is 2.07 bits per heavy atom. The Labute approximate surface area is 169 Å². The van der Waals surface area contributed by atoms with Crippen LogP contribution in [-0.2, 0) is 11.3 Å². The van der Waals surface area contributed by atoms with Crippen LogP contribution in [0.25, 0.3) is 10.7 Å². The van der Waals surface area contributed by atoms with Crippen molar-refractivity contribution in [3.8, 4) is 16.5 Å². The van der Waals surface area contributed by atoms with Crippen molar-refractivity contribution in [1.29, 1.82) is 0 Å². The minimum absolute atomic E-state index is 0.0842. The second-order valence-corrected chi connectivity index (χ2v) is 7.55. The maximum Gasteiger partial charge on any atom is 0.264 e. The van der Waals surface area contributed by atoms with Crippen molar-refractivity contribution in [2.75, 3.05) is 6.54 Å². The number of amides is 1. The predicted octanol–water partition coefficient (Wildman–Crippen LogP) is 4.62. The van der Waals surface area contributed by atoms with Crippen molar-refractivity contribution < 1.29 is 14.1 Å². The molecule has 3 aromatic rings. The fourth-order valence-electron chi connectivity index (χ4n) is 2.80. The number of hydrogen-bond donors (Lipinski definition) is 0. The number of rotatable bonds is 8. The fourth-order valence-corrected chi connectivity index (χ4v) is 3.45. The molecule has 2 heterocycles. The normalized spacial score (nSPS) is 12.0. The first kappa shape index (κ1) is 20.1. The van der Waals surface area contributed by atoms with Crippen LogP contribution < -0.4 is 4.74 Å². The molecule has 28 heavy (non-hydrogen) atoms. The Kier molecular flexibility index (Phi) is 6.46. The molecule has 0 unspecified atom stereocenters. The Balaban J connectivity index is 1.69. The van der Waals surface area contributed by atoms with Gasteiger partial charge in [-0.2, -0.15) is 4.98 Å². The van der Waals surface area contributed by atoms with Gasteiger partial charge in [0, 0.05) is 6.54 Å². The maximum atomic E-state index is 13.0. The summed E-state index contributed by atoms with van der Waals surface area (Å²) in [4.78, 5) is 20.0. The zero-order valence-electron chi connectivity index (χ0n) is 16.6. The molecule has 0 aliphatic rings. The number of hydrogen-bond acceptors (Lipinski definition) is 6. The number of carbonyl (C=O) groups excluding carboxylic acids is 1. The first-order chi connectivity index (χ1) is 13.5. The number of nitrogens with zero attached hydrogens (tertiary/aromatic N) is 3. The van der Waals surface area contributed by atoms with E-state index < -0.39 is 6.10 Å². The first-order valence-corrected chi connectivity index (χ1v) is 10.3. The van der Waals surface area contributed by atoms with Gasteiger partial charge in [-0.05, 0) is 61.9 Å². The number of aryl methyl sites for hydroxylation is 2. The summed E-state index contributed by atoms with van der Waals surface area (Å²) in [5.74, 6) is 1.59. The molecule has 1 aromatic carbocycles. The molecule has 0 aliphatic carbocycles. The van der Waals surface area contributed by atoms with Gasteiger partial charge in [0.25, 0.3) is 5.91 Å². The third-order valence-corrected chi connectivity index (χ3v) is 5.50. The van der Waals surface area contributed by atoms with Crippen LogP contribution in [-0.4, -0.2) is 33.6 Å². The quantitative estimate of drug-likeness (QED) is 0.553. The molecule has 0 saturated heterocycles. The van der Waals surface area contributed by atoms with Crippen LogP contribution in [0.2, 0.25) is 0 Å². The minimum Gasteiger partial charge on any atom is -0.481 e. The van der Waals surface area contributed by atoms with E-state index in [1.807, 2.05) is 56.5 Å². The van der Waals surface area contributed by atoms with E-state index in [-0.39, 0.29) is 12.5 Å². The summed E-state index contributed by atoms with van der Waals surface area (Å²) < 4.78 is 11.3. The monoisotopic (exact) mass is 399 g/mol. The standard InChI is InChI=1S/C21H25N3O3S/c1-5-17(26-16-10-9-14(3)15(4)12-16)21(25)24(6-2)13-19-22-20(23-27-19)18-8-7-11-28-18/h7-12,17H,5-6,13H2,1-4H3/t17-/m0/s1. The smallest absolute Gasteiger partial charge is 0.264 e. The van der Waals surface area contributed by atoms with E-state index >= 15 is 0 Å². The average Bonchev–Trinajstić information content (AvgIpc) is 3.38. The number of ether oxygens (including phenoxy) is 1. The van der Waals surface area contributed by atoms with Gasteiger partial charge in [0.1, 0.15) is 12.3 Å². The largest absolute Gasteiger partial charge is 0.481 e. The molecule has 1 atom stereocenters. The molecular formula is C21H25N3O3S. The average molecular weight is 400 g/mol. The molecule has 0 radical (unpaired) electrons. The molecule has 7 heteroatoms. The molecular weight excluding hydrogens is 374 g/mol. The Morgan fingerprint density at radius 3 is 2.71 bits per heavy atom. The molecule has 2 aromatic heterocycles. The zero-order chi connectivity index (χ0) is 20.1. The maximum absolute atomic E-state index is 13.0. The third-order valence-electron chi connectivity index (χ3n) is 4.63. The number of carbonyl (C=O) groups is 1. The highest BCUT2D eigenvalue weighted by Crippen LogP contribution is 2.22. The van der Waals surface area contributed by atoms with Crippen LogP contribution in [0.1, 0.15) is 37.3 Å². The van der Waals surface area contributed by atoms with Gasteiger partial charge in [-0.25, -0.2) is 0 Å². The summed E-state index contributed by atoms with van der Waals surface area (Å²) in [7, 11) is 0. The highest BCUT2D eigenvalue weighted by molar-refractivity contribution is 7.13. The van der Waals surface area contributed by atoms with Gasteiger partial charge in [-0.3, -0.25) is 4.79 Å². The fraction of sp³-hybridized carbons (Fsp3) is 0.381. The van der Waals surface area contributed by atoms with Gasteiger partial charge in [-0.15, -0.1) is 11.3 Å². The van der Waals surface area contributed by atoms with E-state index in [1.165, 1.54) is 5.56 Å². The lowest BCUT2D eigenvalue weighted by molar-refractivity contribution is -0.139. The molecule has 3 rings (SSSR count). The number of aromatic nitrogens is 2. The Morgan fingerprint density at radius 1 is 1.25 bits per heavy atom. The van der Waals surface area contributed by atoms with Crippen molar-refractivity contribution in [3.63, 3.8) is 0 Å². The molecule has 148 valence electrons. The van der Waals surface area contributed by atoms with Crippen LogP contribution in [0.5, 0.6) is 5.75 Å². The second kappa shape index (κ2) is 9.01. The lowest BCUT2D eigenvalue weighted by atomic mass is 10.1. The highest BCUT2D eigenvalue weighted by Gasteiger charge is 2.25. The van der Waals surface area contributed by atoms with Crippen molar-refractivity contribution in [1.82, 2.24) is 15.0 Å². The first-order valence-electron chi connectivity index (χ1n) is 9.41. The summed E-state index contributed by atoms with van der Waals surface area (Å²) in [5, 5.41) is 5.97. The molecule has 0 bridgehead atoms. The van der Waals surface area contributed by atoms with Crippen molar-refractivity contribution in [2.45, 2.75) is 46.8 Å². The minimum atomic E-state index is -0.554. The van der Waals surface area contributed by atoms with Crippen LogP contribution >= 0.6 is 11.3 Å². The molecule has 0 aliphatic heterocycles. The van der Waals surface area contributed by atoms with Crippen molar-refractivity contribution in [3.05, 3.63) is 52.7 Å². The topological polar surface area (TPSA) is 68.5 Å².